The van der Waals surface area contributed by atoms with Crippen LogP contribution in [0.15, 0.2) is 53.5 Å². The number of hydrogen-bond donors (Lipinski definition) is 2. The highest BCUT2D eigenvalue weighted by molar-refractivity contribution is 14.0. The molecule has 0 amide bonds. The van der Waals surface area contributed by atoms with Gasteiger partial charge in [0.1, 0.15) is 0 Å². The molecule has 2 aromatic rings. The molecule has 2 N–H and O–H groups in total. The van der Waals surface area contributed by atoms with Crippen molar-refractivity contribution in [2.24, 2.45) is 4.99 Å². The molecule has 1 fully saturated rings. The number of aliphatic imine (C=N–C) groups is 1. The molecule has 1 heterocycles. The molecule has 0 bridgehead atoms. The minimum absolute atomic E-state index is 0. The molecule has 0 spiro atoms. The summed E-state index contributed by atoms with van der Waals surface area (Å²) < 4.78 is 0. The van der Waals surface area contributed by atoms with Crippen molar-refractivity contribution in [3.05, 3.63) is 65.2 Å². The van der Waals surface area contributed by atoms with Gasteiger partial charge in [-0.15, -0.1) is 24.0 Å². The number of hydrogen-bond acceptors (Lipinski definition) is 3. The van der Waals surface area contributed by atoms with Crippen molar-refractivity contribution in [2.75, 3.05) is 24.5 Å². The summed E-state index contributed by atoms with van der Waals surface area (Å²) >= 11 is 0. The predicted molar refractivity (Wildman–Crippen MR) is 126 cm³/mol. The first-order chi connectivity index (χ1) is 13.2. The normalized spacial score (nSPS) is 16.2. The molecule has 148 valence electrons. The molecule has 6 heteroatoms. The Kier molecular flexibility index (Phi) is 8.58. The molecule has 0 radical (unpaired) electrons. The van der Waals surface area contributed by atoms with Gasteiger partial charge in [-0.1, -0.05) is 29.8 Å². The molecule has 5 nitrogen and oxygen atoms in total. The van der Waals surface area contributed by atoms with Crippen LogP contribution < -0.4 is 15.5 Å². The number of benzene rings is 2. The van der Waals surface area contributed by atoms with E-state index in [0.29, 0.717) is 18.2 Å². The SMILES string of the molecule is CCNC(=NCc1cccc(C#N)c1)NC1CCN(c2ccc(C)cc2)C1.I. The van der Waals surface area contributed by atoms with Gasteiger partial charge in [0.2, 0.25) is 0 Å². The highest BCUT2D eigenvalue weighted by Gasteiger charge is 2.23. The largest absolute Gasteiger partial charge is 0.369 e. The minimum atomic E-state index is 0. The summed E-state index contributed by atoms with van der Waals surface area (Å²) in [4.78, 5) is 7.11. The van der Waals surface area contributed by atoms with E-state index in [1.807, 2.05) is 24.3 Å². The zero-order valence-electron chi connectivity index (χ0n) is 16.5. The number of halogens is 1. The van der Waals surface area contributed by atoms with E-state index in [9.17, 15) is 0 Å². The van der Waals surface area contributed by atoms with Gasteiger partial charge in [-0.3, -0.25) is 0 Å². The summed E-state index contributed by atoms with van der Waals surface area (Å²) in [6.45, 7) is 7.57. The first-order valence-electron chi connectivity index (χ1n) is 9.53. The van der Waals surface area contributed by atoms with Crippen molar-refractivity contribution in [1.29, 1.82) is 5.26 Å². The van der Waals surface area contributed by atoms with Crippen LogP contribution in [0, 0.1) is 18.3 Å². The zero-order chi connectivity index (χ0) is 19.1. The van der Waals surface area contributed by atoms with Gasteiger partial charge in [-0.25, -0.2) is 4.99 Å². The van der Waals surface area contributed by atoms with Crippen LogP contribution in [0.25, 0.3) is 0 Å². The van der Waals surface area contributed by atoms with Gasteiger partial charge in [0.15, 0.2) is 5.96 Å². The van der Waals surface area contributed by atoms with Gasteiger partial charge in [-0.2, -0.15) is 5.26 Å². The number of aryl methyl sites for hydroxylation is 1. The van der Waals surface area contributed by atoms with Crippen LogP contribution in [-0.2, 0) is 6.54 Å². The van der Waals surface area contributed by atoms with Crippen LogP contribution in [0.1, 0.15) is 30.0 Å². The molecule has 1 saturated heterocycles. The van der Waals surface area contributed by atoms with E-state index < -0.39 is 0 Å². The smallest absolute Gasteiger partial charge is 0.191 e. The molecule has 1 atom stereocenters. The van der Waals surface area contributed by atoms with Crippen molar-refractivity contribution in [3.8, 4) is 6.07 Å². The van der Waals surface area contributed by atoms with E-state index in [1.165, 1.54) is 11.3 Å². The van der Waals surface area contributed by atoms with E-state index in [0.717, 1.165) is 37.6 Å². The fraction of sp³-hybridized carbons (Fsp3) is 0.364. The number of nitriles is 1. The van der Waals surface area contributed by atoms with Crippen molar-refractivity contribution in [3.63, 3.8) is 0 Å². The van der Waals surface area contributed by atoms with Crippen molar-refractivity contribution in [1.82, 2.24) is 10.6 Å². The lowest BCUT2D eigenvalue weighted by Crippen LogP contribution is -2.44. The molecule has 1 unspecified atom stereocenters. The Labute approximate surface area is 184 Å². The number of anilines is 1. The van der Waals surface area contributed by atoms with Crippen molar-refractivity contribution in [2.45, 2.75) is 32.9 Å². The van der Waals surface area contributed by atoms with Crippen LogP contribution in [0.5, 0.6) is 0 Å². The summed E-state index contributed by atoms with van der Waals surface area (Å²) in [5.74, 6) is 0.829. The number of nitrogens with one attached hydrogen (secondary N) is 2. The molecule has 0 aliphatic carbocycles. The topological polar surface area (TPSA) is 63.5 Å². The Morgan fingerprint density at radius 1 is 1.25 bits per heavy atom. The Balaban J connectivity index is 0.00000280. The molecule has 28 heavy (non-hydrogen) atoms. The molecular weight excluding hydrogens is 461 g/mol. The van der Waals surface area contributed by atoms with Gasteiger partial charge >= 0.3 is 0 Å². The summed E-state index contributed by atoms with van der Waals surface area (Å²) in [6, 6.07) is 18.9. The van der Waals surface area contributed by atoms with Gasteiger partial charge in [0.05, 0.1) is 18.2 Å². The first kappa shape index (κ1) is 22.0. The Morgan fingerprint density at radius 2 is 2.04 bits per heavy atom. The lowest BCUT2D eigenvalue weighted by Gasteiger charge is -2.20. The van der Waals surface area contributed by atoms with Gasteiger partial charge < -0.3 is 15.5 Å². The highest BCUT2D eigenvalue weighted by atomic mass is 127. The Morgan fingerprint density at radius 3 is 2.75 bits per heavy atom. The third-order valence-electron chi connectivity index (χ3n) is 4.75. The van der Waals surface area contributed by atoms with Crippen molar-refractivity contribution >= 4 is 35.6 Å². The van der Waals surface area contributed by atoms with Gasteiger partial charge in [0, 0.05) is 31.4 Å². The van der Waals surface area contributed by atoms with Crippen LogP contribution in [-0.4, -0.2) is 31.6 Å². The van der Waals surface area contributed by atoms with Crippen molar-refractivity contribution < 1.29 is 0 Å². The van der Waals surface area contributed by atoms with Crippen LogP contribution in [0.3, 0.4) is 0 Å². The number of guanidine groups is 1. The van der Waals surface area contributed by atoms with Gasteiger partial charge in [-0.05, 0) is 50.1 Å². The van der Waals surface area contributed by atoms with E-state index in [-0.39, 0.29) is 24.0 Å². The van der Waals surface area contributed by atoms with Crippen LogP contribution in [0.2, 0.25) is 0 Å². The second kappa shape index (κ2) is 10.9. The second-order valence-corrected chi connectivity index (χ2v) is 6.92. The molecular formula is C22H28IN5. The molecule has 3 rings (SSSR count). The third kappa shape index (κ3) is 6.13. The standard InChI is InChI=1S/C22H27N5.HI/c1-3-24-22(25-15-19-6-4-5-18(13-19)14-23)26-20-11-12-27(16-20)21-9-7-17(2)8-10-21;/h4-10,13,20H,3,11-12,15-16H2,1-2H3,(H2,24,25,26);1H. The fourth-order valence-corrected chi connectivity index (χ4v) is 3.29. The molecule has 1 aliphatic heterocycles. The fourth-order valence-electron chi connectivity index (χ4n) is 3.29. The minimum Gasteiger partial charge on any atom is -0.369 e. The van der Waals surface area contributed by atoms with E-state index in [2.05, 4.69) is 59.7 Å². The van der Waals surface area contributed by atoms with Gasteiger partial charge in [0.25, 0.3) is 0 Å². The molecule has 1 aliphatic rings. The average Bonchev–Trinajstić information content (AvgIpc) is 3.15. The third-order valence-corrected chi connectivity index (χ3v) is 4.75. The Bertz CT molecular complexity index is 826. The molecule has 0 saturated carbocycles. The average molecular weight is 489 g/mol. The maximum absolute atomic E-state index is 9.03. The number of rotatable bonds is 5. The summed E-state index contributed by atoms with van der Waals surface area (Å²) in [5, 5.41) is 15.9. The highest BCUT2D eigenvalue weighted by Crippen LogP contribution is 2.20. The molecule has 0 aromatic heterocycles. The van der Waals surface area contributed by atoms with Crippen LogP contribution in [0.4, 0.5) is 5.69 Å². The first-order valence-corrected chi connectivity index (χ1v) is 9.53. The van der Waals surface area contributed by atoms with E-state index >= 15 is 0 Å². The zero-order valence-corrected chi connectivity index (χ0v) is 18.8. The maximum atomic E-state index is 9.03. The quantitative estimate of drug-likeness (QED) is 0.381. The number of nitrogens with zero attached hydrogens (tertiary/aromatic N) is 3. The summed E-state index contributed by atoms with van der Waals surface area (Å²) in [5.41, 5.74) is 4.28. The van der Waals surface area contributed by atoms with Crippen LogP contribution >= 0.6 is 24.0 Å². The summed E-state index contributed by atoms with van der Waals surface area (Å²) in [6.07, 6.45) is 1.09. The van der Waals surface area contributed by atoms with E-state index in [1.54, 1.807) is 0 Å². The molecule has 2 aromatic carbocycles. The lowest BCUT2D eigenvalue weighted by atomic mass is 10.1. The predicted octanol–water partition coefficient (Wildman–Crippen LogP) is 3.82. The lowest BCUT2D eigenvalue weighted by molar-refractivity contribution is 0.649. The monoisotopic (exact) mass is 489 g/mol. The second-order valence-electron chi connectivity index (χ2n) is 6.92. The van der Waals surface area contributed by atoms with E-state index in [4.69, 9.17) is 10.3 Å². The Hall–Kier alpha value is -2.27. The maximum Gasteiger partial charge on any atom is 0.191 e. The summed E-state index contributed by atoms with van der Waals surface area (Å²) in [7, 11) is 0.